The summed E-state index contributed by atoms with van der Waals surface area (Å²) in [4.78, 5) is 37.6. The van der Waals surface area contributed by atoms with Crippen molar-refractivity contribution in [3.05, 3.63) is 59.7 Å². The molecule has 0 bridgehead atoms. The summed E-state index contributed by atoms with van der Waals surface area (Å²) in [6.07, 6.45) is 1.44. The van der Waals surface area contributed by atoms with E-state index in [1.54, 1.807) is 0 Å². The third-order valence-electron chi connectivity index (χ3n) is 6.96. The standard InChI is InChI=1S/C27H32N2O6/c1-18(8-6-13-24(30)29-15-7-14-27(34,17-29)25(31)32)28-26(33)35-16-23-21-11-4-2-9-19(21)20-10-3-5-12-22(20)23/h2-5,9-12,18,23,34H,6-8,13-17H2,1H3,(H,28,33)(H,31,32). The SMILES string of the molecule is CC(CCCC(=O)N1CCCC(O)(C(=O)O)C1)NC(=O)OCC1c2ccccc2-c2ccccc21. The van der Waals surface area contributed by atoms with Crippen molar-refractivity contribution in [1.29, 1.82) is 0 Å². The lowest BCUT2D eigenvalue weighted by Gasteiger charge is -2.36. The van der Waals surface area contributed by atoms with Crippen LogP contribution in [-0.2, 0) is 14.3 Å². The lowest BCUT2D eigenvalue weighted by Crippen LogP contribution is -2.54. The Morgan fingerprint density at radius 3 is 2.37 bits per heavy atom. The van der Waals surface area contributed by atoms with Crippen LogP contribution >= 0.6 is 0 Å². The van der Waals surface area contributed by atoms with E-state index in [0.717, 1.165) is 11.1 Å². The van der Waals surface area contributed by atoms with E-state index in [9.17, 15) is 24.6 Å². The number of hydrogen-bond donors (Lipinski definition) is 3. The Bertz CT molecular complexity index is 1060. The van der Waals surface area contributed by atoms with E-state index in [2.05, 4.69) is 29.6 Å². The van der Waals surface area contributed by atoms with Crippen molar-refractivity contribution in [2.45, 2.75) is 56.6 Å². The molecule has 35 heavy (non-hydrogen) atoms. The van der Waals surface area contributed by atoms with Crippen LogP contribution in [0.15, 0.2) is 48.5 Å². The molecule has 2 unspecified atom stereocenters. The van der Waals surface area contributed by atoms with Crippen molar-refractivity contribution < 1.29 is 29.3 Å². The van der Waals surface area contributed by atoms with Crippen LogP contribution in [0.2, 0.25) is 0 Å². The van der Waals surface area contributed by atoms with E-state index in [1.807, 2.05) is 31.2 Å². The second kappa shape index (κ2) is 10.5. The molecular formula is C27H32N2O6. The minimum absolute atomic E-state index is 0.00457. The number of carbonyl (C=O) groups excluding carboxylic acids is 2. The van der Waals surface area contributed by atoms with Gasteiger partial charge in [0.25, 0.3) is 0 Å². The number of ether oxygens (including phenoxy) is 1. The smallest absolute Gasteiger partial charge is 0.407 e. The first-order valence-corrected chi connectivity index (χ1v) is 12.1. The number of carbonyl (C=O) groups is 3. The Labute approximate surface area is 204 Å². The van der Waals surface area contributed by atoms with Crippen LogP contribution in [0.3, 0.4) is 0 Å². The number of carboxylic acids is 1. The molecular weight excluding hydrogens is 448 g/mol. The zero-order valence-electron chi connectivity index (χ0n) is 19.9. The fourth-order valence-electron chi connectivity index (χ4n) is 5.05. The molecule has 2 aromatic carbocycles. The third-order valence-corrected chi connectivity index (χ3v) is 6.96. The lowest BCUT2D eigenvalue weighted by molar-refractivity contribution is -0.166. The van der Waals surface area contributed by atoms with Crippen LogP contribution in [0.5, 0.6) is 0 Å². The summed E-state index contributed by atoms with van der Waals surface area (Å²) < 4.78 is 5.57. The quantitative estimate of drug-likeness (QED) is 0.532. The van der Waals surface area contributed by atoms with Crippen molar-refractivity contribution in [3.63, 3.8) is 0 Å². The Morgan fingerprint density at radius 2 is 1.74 bits per heavy atom. The topological polar surface area (TPSA) is 116 Å². The van der Waals surface area contributed by atoms with Crippen LogP contribution in [-0.4, -0.2) is 64.4 Å². The molecule has 2 atom stereocenters. The zero-order valence-corrected chi connectivity index (χ0v) is 19.9. The molecule has 1 aliphatic heterocycles. The zero-order chi connectivity index (χ0) is 25.0. The predicted octanol–water partition coefficient (Wildman–Crippen LogP) is 3.52. The van der Waals surface area contributed by atoms with Gasteiger partial charge in [0.2, 0.25) is 5.91 Å². The Kier molecular flexibility index (Phi) is 7.40. The molecule has 1 fully saturated rings. The summed E-state index contributed by atoms with van der Waals surface area (Å²) >= 11 is 0. The Hall–Kier alpha value is -3.39. The monoisotopic (exact) mass is 480 g/mol. The van der Waals surface area contributed by atoms with Crippen molar-refractivity contribution in [2.24, 2.45) is 0 Å². The van der Waals surface area contributed by atoms with Gasteiger partial charge in [-0.2, -0.15) is 0 Å². The minimum atomic E-state index is -1.87. The fourth-order valence-corrected chi connectivity index (χ4v) is 5.05. The van der Waals surface area contributed by atoms with Crippen molar-refractivity contribution in [2.75, 3.05) is 19.7 Å². The van der Waals surface area contributed by atoms with Crippen LogP contribution in [0, 0.1) is 0 Å². The number of likely N-dealkylation sites (tertiary alicyclic amines) is 1. The van der Waals surface area contributed by atoms with Gasteiger partial charge in [0.05, 0.1) is 6.54 Å². The molecule has 1 saturated heterocycles. The van der Waals surface area contributed by atoms with Gasteiger partial charge in [-0.1, -0.05) is 48.5 Å². The van der Waals surface area contributed by atoms with Gasteiger partial charge >= 0.3 is 12.1 Å². The number of nitrogens with zero attached hydrogens (tertiary/aromatic N) is 1. The second-order valence-electron chi connectivity index (χ2n) is 9.52. The maximum atomic E-state index is 12.5. The summed E-state index contributed by atoms with van der Waals surface area (Å²) in [5.74, 6) is -1.48. The first-order chi connectivity index (χ1) is 16.8. The number of aliphatic hydroxyl groups is 1. The van der Waals surface area contributed by atoms with E-state index < -0.39 is 17.7 Å². The van der Waals surface area contributed by atoms with Crippen molar-refractivity contribution in [3.8, 4) is 11.1 Å². The number of amides is 2. The van der Waals surface area contributed by atoms with E-state index in [4.69, 9.17) is 4.74 Å². The number of rotatable bonds is 8. The number of benzene rings is 2. The van der Waals surface area contributed by atoms with Crippen LogP contribution in [0.25, 0.3) is 11.1 Å². The first kappa shape index (κ1) is 24.7. The number of alkyl carbamates (subject to hydrolysis) is 1. The van der Waals surface area contributed by atoms with Gasteiger partial charge in [-0.25, -0.2) is 9.59 Å². The molecule has 186 valence electrons. The van der Waals surface area contributed by atoms with E-state index in [-0.39, 0.29) is 43.9 Å². The summed E-state index contributed by atoms with van der Waals surface area (Å²) in [5.41, 5.74) is 2.78. The molecule has 1 aliphatic carbocycles. The summed E-state index contributed by atoms with van der Waals surface area (Å²) in [6, 6.07) is 16.1. The maximum Gasteiger partial charge on any atom is 0.407 e. The van der Waals surface area contributed by atoms with Gasteiger partial charge in [0.1, 0.15) is 6.61 Å². The molecule has 4 rings (SSSR count). The molecule has 0 aromatic heterocycles. The van der Waals surface area contributed by atoms with Crippen LogP contribution in [0.4, 0.5) is 4.79 Å². The highest BCUT2D eigenvalue weighted by atomic mass is 16.5. The molecule has 0 saturated carbocycles. The highest BCUT2D eigenvalue weighted by molar-refractivity contribution is 5.81. The molecule has 0 spiro atoms. The summed E-state index contributed by atoms with van der Waals surface area (Å²) in [5, 5.41) is 22.2. The third kappa shape index (κ3) is 5.48. The number of carboxylic acid groups (broad SMARTS) is 1. The molecule has 8 nitrogen and oxygen atoms in total. The van der Waals surface area contributed by atoms with Gasteiger partial charge in [-0.15, -0.1) is 0 Å². The number of β-amino-alcohol motifs (C(OH)–C–C–N with tert-alkyl or cyclic N) is 1. The number of fused-ring (bicyclic) bond motifs is 3. The van der Waals surface area contributed by atoms with Crippen molar-refractivity contribution >= 4 is 18.0 Å². The number of piperidine rings is 1. The van der Waals surface area contributed by atoms with Gasteiger partial charge in [0.15, 0.2) is 5.60 Å². The largest absolute Gasteiger partial charge is 0.479 e. The second-order valence-corrected chi connectivity index (χ2v) is 9.52. The Balaban J connectivity index is 1.21. The highest BCUT2D eigenvalue weighted by Gasteiger charge is 2.41. The van der Waals surface area contributed by atoms with Gasteiger partial charge in [-0.3, -0.25) is 4.79 Å². The van der Waals surface area contributed by atoms with Gasteiger partial charge in [0, 0.05) is 24.9 Å². The molecule has 0 radical (unpaired) electrons. The summed E-state index contributed by atoms with van der Waals surface area (Å²) in [7, 11) is 0. The average molecular weight is 481 g/mol. The van der Waals surface area contributed by atoms with Crippen LogP contribution in [0.1, 0.15) is 56.1 Å². The molecule has 2 aromatic rings. The molecule has 2 aliphatic rings. The fraction of sp³-hybridized carbons (Fsp3) is 0.444. The van der Waals surface area contributed by atoms with E-state index >= 15 is 0 Å². The van der Waals surface area contributed by atoms with E-state index in [0.29, 0.717) is 25.8 Å². The van der Waals surface area contributed by atoms with Crippen LogP contribution < -0.4 is 5.32 Å². The Morgan fingerprint density at radius 1 is 1.11 bits per heavy atom. The first-order valence-electron chi connectivity index (χ1n) is 12.1. The predicted molar refractivity (Wildman–Crippen MR) is 130 cm³/mol. The number of hydrogen-bond acceptors (Lipinski definition) is 5. The number of nitrogens with one attached hydrogen (secondary N) is 1. The highest BCUT2D eigenvalue weighted by Crippen LogP contribution is 2.44. The number of aliphatic carboxylic acids is 1. The van der Waals surface area contributed by atoms with Gasteiger partial charge in [-0.05, 0) is 54.9 Å². The van der Waals surface area contributed by atoms with Crippen molar-refractivity contribution in [1.82, 2.24) is 10.2 Å². The lowest BCUT2D eigenvalue weighted by atomic mass is 9.92. The molecule has 1 heterocycles. The van der Waals surface area contributed by atoms with E-state index in [1.165, 1.54) is 16.0 Å². The molecule has 2 amide bonds. The summed E-state index contributed by atoms with van der Waals surface area (Å²) in [6.45, 7) is 2.36. The maximum absolute atomic E-state index is 12.5. The van der Waals surface area contributed by atoms with Gasteiger partial charge < -0.3 is 25.2 Å². The average Bonchev–Trinajstić information content (AvgIpc) is 3.16. The normalized spacial score (nSPS) is 20.0. The molecule has 8 heteroatoms. The minimum Gasteiger partial charge on any atom is -0.479 e. The molecule has 3 N–H and O–H groups in total.